The van der Waals surface area contributed by atoms with Crippen molar-refractivity contribution in [2.24, 2.45) is 0 Å². The zero-order valence-electron chi connectivity index (χ0n) is 9.73. The quantitative estimate of drug-likeness (QED) is 0.637. The van der Waals surface area contributed by atoms with Crippen LogP contribution in [0.15, 0.2) is 29.4 Å². The van der Waals surface area contributed by atoms with Crippen LogP contribution < -0.4 is 5.32 Å². The zero-order valence-corrected chi connectivity index (χ0v) is 10.5. The minimum atomic E-state index is 0.956. The molecule has 0 saturated carbocycles. The Labute approximate surface area is 99.8 Å². The molecule has 2 rings (SSSR count). The first-order valence-electron chi connectivity index (χ1n) is 5.51. The number of hydrogen-bond acceptors (Lipinski definition) is 3. The van der Waals surface area contributed by atoms with Crippen molar-refractivity contribution < 1.29 is 0 Å². The number of hydrogen-bond donors (Lipinski definition) is 1. The van der Waals surface area contributed by atoms with Gasteiger partial charge >= 0.3 is 0 Å². The molecule has 0 aliphatic rings. The maximum Gasteiger partial charge on any atom is 0.193 e. The first-order chi connectivity index (χ1) is 7.79. The maximum absolute atomic E-state index is 4.57. The van der Waals surface area contributed by atoms with Crippen molar-refractivity contribution in [1.82, 2.24) is 14.7 Å². The third-order valence-corrected chi connectivity index (χ3v) is 3.26. The molecule has 3 nitrogen and oxygen atoms in total. The number of imidazole rings is 1. The van der Waals surface area contributed by atoms with Gasteiger partial charge in [0.1, 0.15) is 0 Å². The molecule has 0 fully saturated rings. The van der Waals surface area contributed by atoms with Crippen LogP contribution in [0.5, 0.6) is 0 Å². The molecule has 1 N–H and O–H groups in total. The minimum Gasteiger partial charge on any atom is -0.319 e. The van der Waals surface area contributed by atoms with Crippen LogP contribution in [-0.4, -0.2) is 23.0 Å². The summed E-state index contributed by atoms with van der Waals surface area (Å²) in [5, 5.41) is 5.20. The van der Waals surface area contributed by atoms with Crippen LogP contribution in [0, 0.1) is 0 Å². The average Bonchev–Trinajstić information content (AvgIpc) is 2.78. The van der Waals surface area contributed by atoms with E-state index >= 15 is 0 Å². The van der Waals surface area contributed by atoms with Gasteiger partial charge in [0.25, 0.3) is 0 Å². The predicted molar refractivity (Wildman–Crippen MR) is 69.1 cm³/mol. The summed E-state index contributed by atoms with van der Waals surface area (Å²) in [5.41, 5.74) is 2.55. The molecule has 2 aromatic rings. The number of aromatic nitrogens is 2. The smallest absolute Gasteiger partial charge is 0.193 e. The summed E-state index contributed by atoms with van der Waals surface area (Å²) in [7, 11) is 1.98. The van der Waals surface area contributed by atoms with Gasteiger partial charge in [-0.25, -0.2) is 4.98 Å². The van der Waals surface area contributed by atoms with Crippen LogP contribution in [0.3, 0.4) is 0 Å². The SMILES string of the molecule is CNCC/C=C(/C)Cc1cn2ccsc2n1. The van der Waals surface area contributed by atoms with E-state index in [1.807, 2.05) is 7.05 Å². The molecule has 2 aromatic heterocycles. The van der Waals surface area contributed by atoms with Crippen molar-refractivity contribution in [2.75, 3.05) is 13.6 Å². The molecule has 0 saturated heterocycles. The summed E-state index contributed by atoms with van der Waals surface area (Å²) < 4.78 is 2.08. The van der Waals surface area contributed by atoms with Crippen LogP contribution in [0.4, 0.5) is 0 Å². The molecule has 0 spiro atoms. The molecule has 86 valence electrons. The Bertz CT molecular complexity index is 453. The van der Waals surface area contributed by atoms with Gasteiger partial charge in [-0.15, -0.1) is 11.3 Å². The molecule has 0 aliphatic carbocycles. The summed E-state index contributed by atoms with van der Waals surface area (Å²) in [4.78, 5) is 5.65. The average molecular weight is 235 g/mol. The Morgan fingerprint density at radius 1 is 1.62 bits per heavy atom. The minimum absolute atomic E-state index is 0.956. The summed E-state index contributed by atoms with van der Waals surface area (Å²) in [6.45, 7) is 3.21. The van der Waals surface area contributed by atoms with Crippen LogP contribution in [0.25, 0.3) is 4.96 Å². The second-order valence-electron chi connectivity index (χ2n) is 3.94. The largest absolute Gasteiger partial charge is 0.319 e. The van der Waals surface area contributed by atoms with E-state index in [0.717, 1.165) is 30.0 Å². The Kier molecular flexibility index (Phi) is 3.74. The second-order valence-corrected chi connectivity index (χ2v) is 4.82. The molecule has 0 amide bonds. The predicted octanol–water partition coefficient (Wildman–Crippen LogP) is 2.49. The fourth-order valence-corrected chi connectivity index (χ4v) is 2.40. The van der Waals surface area contributed by atoms with Crippen molar-refractivity contribution in [3.8, 4) is 0 Å². The number of fused-ring (bicyclic) bond motifs is 1. The first kappa shape index (κ1) is 11.4. The van der Waals surface area contributed by atoms with E-state index in [4.69, 9.17) is 0 Å². The molecular weight excluding hydrogens is 218 g/mol. The van der Waals surface area contributed by atoms with Gasteiger partial charge in [0.2, 0.25) is 0 Å². The van der Waals surface area contributed by atoms with Crippen molar-refractivity contribution in [3.63, 3.8) is 0 Å². The fourth-order valence-electron chi connectivity index (χ4n) is 1.68. The molecule has 0 radical (unpaired) electrons. The highest BCUT2D eigenvalue weighted by atomic mass is 32.1. The molecule has 0 atom stereocenters. The van der Waals surface area contributed by atoms with Gasteiger partial charge in [0.05, 0.1) is 5.69 Å². The zero-order chi connectivity index (χ0) is 11.4. The molecule has 0 aromatic carbocycles. The van der Waals surface area contributed by atoms with Crippen LogP contribution in [0.1, 0.15) is 19.0 Å². The highest BCUT2D eigenvalue weighted by Gasteiger charge is 2.02. The molecular formula is C12H17N3S. The Morgan fingerprint density at radius 3 is 3.25 bits per heavy atom. The van der Waals surface area contributed by atoms with E-state index < -0.39 is 0 Å². The summed E-state index contributed by atoms with van der Waals surface area (Å²) in [6.07, 6.45) is 8.49. The topological polar surface area (TPSA) is 29.3 Å². The monoisotopic (exact) mass is 235 g/mol. The van der Waals surface area contributed by atoms with Gasteiger partial charge in [-0.1, -0.05) is 11.6 Å². The van der Waals surface area contributed by atoms with E-state index in [1.54, 1.807) is 11.3 Å². The molecule has 0 unspecified atom stereocenters. The van der Waals surface area contributed by atoms with Crippen LogP contribution in [-0.2, 0) is 6.42 Å². The lowest BCUT2D eigenvalue weighted by atomic mass is 10.1. The molecule has 4 heteroatoms. The Morgan fingerprint density at radius 2 is 2.50 bits per heavy atom. The van der Waals surface area contributed by atoms with E-state index in [0.29, 0.717) is 0 Å². The van der Waals surface area contributed by atoms with Gasteiger partial charge < -0.3 is 5.32 Å². The second kappa shape index (κ2) is 5.27. The lowest BCUT2D eigenvalue weighted by Crippen LogP contribution is -2.06. The number of nitrogens with one attached hydrogen (secondary N) is 1. The molecule has 0 bridgehead atoms. The number of allylic oxidation sites excluding steroid dienone is 1. The molecule has 16 heavy (non-hydrogen) atoms. The highest BCUT2D eigenvalue weighted by Crippen LogP contribution is 2.14. The van der Waals surface area contributed by atoms with Gasteiger partial charge in [-0.05, 0) is 26.9 Å². The van der Waals surface area contributed by atoms with Gasteiger partial charge in [-0.2, -0.15) is 0 Å². The van der Waals surface area contributed by atoms with Gasteiger partial charge in [0, 0.05) is 24.2 Å². The van der Waals surface area contributed by atoms with Crippen LogP contribution in [0.2, 0.25) is 0 Å². The normalized spacial score (nSPS) is 12.5. The molecule has 0 aliphatic heterocycles. The third kappa shape index (κ3) is 2.71. The maximum atomic E-state index is 4.57. The highest BCUT2D eigenvalue weighted by molar-refractivity contribution is 7.15. The number of rotatable bonds is 5. The third-order valence-electron chi connectivity index (χ3n) is 2.49. The first-order valence-corrected chi connectivity index (χ1v) is 6.39. The van der Waals surface area contributed by atoms with Crippen molar-refractivity contribution >= 4 is 16.3 Å². The van der Waals surface area contributed by atoms with Gasteiger partial charge in [0.15, 0.2) is 4.96 Å². The molecule has 2 heterocycles. The fraction of sp³-hybridized carbons (Fsp3) is 0.417. The van der Waals surface area contributed by atoms with Gasteiger partial charge in [-0.3, -0.25) is 4.40 Å². The Balaban J connectivity index is 1.98. The number of nitrogens with zero attached hydrogens (tertiary/aromatic N) is 2. The van der Waals surface area contributed by atoms with Crippen molar-refractivity contribution in [2.45, 2.75) is 19.8 Å². The summed E-state index contributed by atoms with van der Waals surface area (Å²) in [6, 6.07) is 0. The van der Waals surface area contributed by atoms with Crippen molar-refractivity contribution in [1.29, 1.82) is 0 Å². The summed E-state index contributed by atoms with van der Waals surface area (Å²) in [5.74, 6) is 0. The standard InChI is InChI=1S/C12H17N3S/c1-10(4-3-5-13-2)8-11-9-15-6-7-16-12(15)14-11/h4,6-7,9,13H,3,5,8H2,1-2H3/b10-4-. The van der Waals surface area contributed by atoms with E-state index in [2.05, 4.69) is 45.5 Å². The van der Waals surface area contributed by atoms with E-state index in [9.17, 15) is 0 Å². The lowest BCUT2D eigenvalue weighted by Gasteiger charge is -1.98. The van der Waals surface area contributed by atoms with Crippen LogP contribution >= 0.6 is 11.3 Å². The Hall–Kier alpha value is -1.13. The lowest BCUT2D eigenvalue weighted by molar-refractivity contribution is 0.802. The van der Waals surface area contributed by atoms with Crippen molar-refractivity contribution in [3.05, 3.63) is 35.1 Å². The van der Waals surface area contributed by atoms with E-state index in [-0.39, 0.29) is 0 Å². The number of thiazole rings is 1. The van der Waals surface area contributed by atoms with E-state index in [1.165, 1.54) is 5.57 Å². The summed E-state index contributed by atoms with van der Waals surface area (Å²) >= 11 is 1.68.